The number of thiazole rings is 2. The predicted octanol–water partition coefficient (Wildman–Crippen LogP) is 4.44. The zero-order chi connectivity index (χ0) is 13.7. The quantitative estimate of drug-likeness (QED) is 0.757. The monoisotopic (exact) mass is 314 g/mol. The summed E-state index contributed by atoms with van der Waals surface area (Å²) in [4.78, 5) is 10.2. The maximum Gasteiger partial charge on any atom is 0.122 e. The van der Waals surface area contributed by atoms with Crippen molar-refractivity contribution in [1.82, 2.24) is 9.97 Å². The minimum Gasteiger partial charge on any atom is -0.372 e. The van der Waals surface area contributed by atoms with Crippen LogP contribution in [0.3, 0.4) is 0 Å². The van der Waals surface area contributed by atoms with Crippen LogP contribution in [0.2, 0.25) is 0 Å². The average Bonchev–Trinajstić information content (AvgIpc) is 2.99. The number of ether oxygens (including phenoxy) is 1. The van der Waals surface area contributed by atoms with Crippen LogP contribution in [0.15, 0.2) is 11.6 Å². The summed E-state index contributed by atoms with van der Waals surface area (Å²) in [6.07, 6.45) is 2.08. The van der Waals surface area contributed by atoms with E-state index in [4.69, 9.17) is 4.74 Å². The van der Waals surface area contributed by atoms with E-state index >= 15 is 0 Å². The summed E-state index contributed by atoms with van der Waals surface area (Å²) in [6.45, 7) is 6.84. The smallest absolute Gasteiger partial charge is 0.122 e. The van der Waals surface area contributed by atoms with Gasteiger partial charge < -0.3 is 4.74 Å². The number of nitrogens with zero attached hydrogens (tertiary/aromatic N) is 2. The van der Waals surface area contributed by atoms with Crippen LogP contribution in [0.5, 0.6) is 0 Å². The Morgan fingerprint density at radius 1 is 1.42 bits per heavy atom. The largest absolute Gasteiger partial charge is 0.372 e. The number of thioether (sulfide) groups is 1. The van der Waals surface area contributed by atoms with Gasteiger partial charge in [0.25, 0.3) is 0 Å². The van der Waals surface area contributed by atoms with E-state index in [2.05, 4.69) is 22.3 Å². The lowest BCUT2D eigenvalue weighted by molar-refractivity contribution is 0.0761. The Morgan fingerprint density at radius 3 is 2.95 bits per heavy atom. The van der Waals surface area contributed by atoms with Gasteiger partial charge in [0.2, 0.25) is 0 Å². The number of rotatable bonds is 7. The summed E-state index contributed by atoms with van der Waals surface area (Å²) in [5.74, 6) is 1.96. The summed E-state index contributed by atoms with van der Waals surface area (Å²) in [5, 5.41) is 4.35. The molecule has 0 unspecified atom stereocenters. The molecule has 0 aliphatic rings. The molecule has 104 valence electrons. The van der Waals surface area contributed by atoms with E-state index < -0.39 is 0 Å². The normalized spacial score (nSPS) is 12.8. The Bertz CT molecular complexity index is 509. The molecule has 6 heteroatoms. The fraction of sp³-hybridized carbons (Fsp3) is 0.538. The van der Waals surface area contributed by atoms with Crippen molar-refractivity contribution in [3.8, 4) is 0 Å². The number of hydrogen-bond donors (Lipinski definition) is 0. The van der Waals surface area contributed by atoms with Crippen molar-refractivity contribution in [2.24, 2.45) is 0 Å². The maximum atomic E-state index is 5.55. The van der Waals surface area contributed by atoms with E-state index in [1.807, 2.05) is 31.8 Å². The third-order valence-electron chi connectivity index (χ3n) is 2.50. The van der Waals surface area contributed by atoms with Gasteiger partial charge in [-0.15, -0.1) is 34.4 Å². The Balaban J connectivity index is 1.80. The van der Waals surface area contributed by atoms with Gasteiger partial charge in [-0.2, -0.15) is 0 Å². The minimum absolute atomic E-state index is 0.109. The summed E-state index contributed by atoms with van der Waals surface area (Å²) >= 11 is 5.34. The molecule has 2 rings (SSSR count). The first-order valence-electron chi connectivity index (χ1n) is 6.24. The van der Waals surface area contributed by atoms with Gasteiger partial charge >= 0.3 is 0 Å². The highest BCUT2D eigenvalue weighted by molar-refractivity contribution is 7.97. The standard InChI is InChI=1S/C13H18N2OS3/c1-4-16-9(2)13-15-11(7-18-13)6-17-8-12-5-14-10(3)19-12/h5,7,9H,4,6,8H2,1-3H3/t9-/m0/s1. The van der Waals surface area contributed by atoms with Gasteiger partial charge in [-0.3, -0.25) is 0 Å². The van der Waals surface area contributed by atoms with Crippen LogP contribution in [-0.2, 0) is 16.2 Å². The highest BCUT2D eigenvalue weighted by Crippen LogP contribution is 2.25. The third kappa shape index (κ3) is 4.56. The van der Waals surface area contributed by atoms with Gasteiger partial charge in [0, 0.05) is 34.6 Å². The van der Waals surface area contributed by atoms with Crippen molar-refractivity contribution in [1.29, 1.82) is 0 Å². The summed E-state index contributed by atoms with van der Waals surface area (Å²) in [7, 11) is 0. The van der Waals surface area contributed by atoms with E-state index in [1.54, 1.807) is 22.7 Å². The lowest BCUT2D eigenvalue weighted by Gasteiger charge is -2.06. The molecule has 0 N–H and O–H groups in total. The molecule has 0 radical (unpaired) electrons. The van der Waals surface area contributed by atoms with Gasteiger partial charge in [0.15, 0.2) is 0 Å². The Morgan fingerprint density at radius 2 is 2.26 bits per heavy atom. The van der Waals surface area contributed by atoms with Crippen molar-refractivity contribution < 1.29 is 4.74 Å². The molecule has 0 spiro atoms. The molecular weight excluding hydrogens is 296 g/mol. The van der Waals surface area contributed by atoms with Crippen molar-refractivity contribution in [3.63, 3.8) is 0 Å². The molecule has 0 saturated carbocycles. The fourth-order valence-electron chi connectivity index (χ4n) is 1.63. The van der Waals surface area contributed by atoms with Crippen LogP contribution < -0.4 is 0 Å². The van der Waals surface area contributed by atoms with E-state index in [1.165, 1.54) is 4.88 Å². The molecule has 0 aliphatic heterocycles. The molecule has 0 aliphatic carbocycles. The zero-order valence-electron chi connectivity index (χ0n) is 11.4. The Labute approximate surface area is 126 Å². The lowest BCUT2D eigenvalue weighted by Crippen LogP contribution is -1.98. The summed E-state index contributed by atoms with van der Waals surface area (Å²) < 4.78 is 5.55. The topological polar surface area (TPSA) is 35.0 Å². The molecule has 0 amide bonds. The van der Waals surface area contributed by atoms with Crippen molar-refractivity contribution >= 4 is 34.4 Å². The summed E-state index contributed by atoms with van der Waals surface area (Å²) in [5.41, 5.74) is 1.15. The molecule has 2 heterocycles. The Kier molecular flexibility index (Phi) is 5.81. The third-order valence-corrected chi connectivity index (χ3v) is 5.66. The first kappa shape index (κ1) is 15.0. The van der Waals surface area contributed by atoms with Crippen LogP contribution in [0.25, 0.3) is 0 Å². The molecule has 0 saturated heterocycles. The molecule has 0 bridgehead atoms. The molecule has 1 atom stereocenters. The predicted molar refractivity (Wildman–Crippen MR) is 84.0 cm³/mol. The van der Waals surface area contributed by atoms with Gasteiger partial charge in [-0.25, -0.2) is 9.97 Å². The number of aryl methyl sites for hydroxylation is 1. The lowest BCUT2D eigenvalue weighted by atomic mass is 10.4. The first-order chi connectivity index (χ1) is 9.19. The van der Waals surface area contributed by atoms with Crippen LogP contribution in [-0.4, -0.2) is 16.6 Å². The van der Waals surface area contributed by atoms with Gasteiger partial charge in [0.05, 0.1) is 10.7 Å². The van der Waals surface area contributed by atoms with E-state index in [0.717, 1.165) is 33.8 Å². The molecule has 19 heavy (non-hydrogen) atoms. The van der Waals surface area contributed by atoms with Crippen molar-refractivity contribution in [2.45, 2.75) is 38.4 Å². The van der Waals surface area contributed by atoms with Crippen LogP contribution in [0.1, 0.15) is 40.5 Å². The molecule has 2 aromatic rings. The minimum atomic E-state index is 0.109. The van der Waals surface area contributed by atoms with Crippen LogP contribution >= 0.6 is 34.4 Å². The molecule has 0 aromatic carbocycles. The van der Waals surface area contributed by atoms with Crippen LogP contribution in [0.4, 0.5) is 0 Å². The highest BCUT2D eigenvalue weighted by Gasteiger charge is 2.10. The van der Waals surface area contributed by atoms with E-state index in [0.29, 0.717) is 0 Å². The average molecular weight is 315 g/mol. The van der Waals surface area contributed by atoms with Crippen molar-refractivity contribution in [2.75, 3.05) is 6.61 Å². The zero-order valence-corrected chi connectivity index (χ0v) is 13.8. The first-order valence-corrected chi connectivity index (χ1v) is 9.09. The van der Waals surface area contributed by atoms with Gasteiger partial charge in [-0.1, -0.05) is 0 Å². The van der Waals surface area contributed by atoms with E-state index in [-0.39, 0.29) is 6.10 Å². The second-order valence-electron chi connectivity index (χ2n) is 4.11. The molecular formula is C13H18N2OS3. The number of hydrogen-bond acceptors (Lipinski definition) is 6. The van der Waals surface area contributed by atoms with E-state index in [9.17, 15) is 0 Å². The highest BCUT2D eigenvalue weighted by atomic mass is 32.2. The molecule has 3 nitrogen and oxygen atoms in total. The SMILES string of the molecule is CCO[C@@H](C)c1nc(CSCc2cnc(C)s2)cs1. The van der Waals surface area contributed by atoms with Crippen LogP contribution in [0, 0.1) is 6.92 Å². The van der Waals surface area contributed by atoms with Crippen molar-refractivity contribution in [3.05, 3.63) is 32.2 Å². The second-order valence-corrected chi connectivity index (χ2v) is 7.31. The summed E-state index contributed by atoms with van der Waals surface area (Å²) in [6, 6.07) is 0. The van der Waals surface area contributed by atoms with Gasteiger partial charge in [0.1, 0.15) is 11.1 Å². The fourth-order valence-corrected chi connectivity index (χ4v) is 4.36. The van der Waals surface area contributed by atoms with Gasteiger partial charge in [-0.05, 0) is 20.8 Å². The molecule has 0 fully saturated rings. The Hall–Kier alpha value is -0.430. The number of aromatic nitrogens is 2. The molecule has 2 aromatic heterocycles. The second kappa shape index (κ2) is 7.38. The maximum absolute atomic E-state index is 5.55.